The molecule has 0 radical (unpaired) electrons. The molecule has 0 unspecified atom stereocenters. The molecule has 4 heteroatoms. The largest absolute Gasteiger partial charge is 0.312 e. The summed E-state index contributed by atoms with van der Waals surface area (Å²) in [6.45, 7) is 5.84. The lowest BCUT2D eigenvalue weighted by atomic mass is 9.91. The maximum atomic E-state index is 13.2. The molecular formula is C16H17FN2S. The van der Waals surface area contributed by atoms with Gasteiger partial charge in [-0.25, -0.2) is 4.39 Å². The van der Waals surface area contributed by atoms with Crippen molar-refractivity contribution in [2.24, 2.45) is 0 Å². The Labute approximate surface area is 122 Å². The average Bonchev–Trinajstić information content (AvgIpc) is 2.95. The minimum absolute atomic E-state index is 0.0618. The van der Waals surface area contributed by atoms with Crippen molar-refractivity contribution in [3.05, 3.63) is 57.5 Å². The highest BCUT2D eigenvalue weighted by Gasteiger charge is 2.20. The fourth-order valence-electron chi connectivity index (χ4n) is 2.04. The van der Waals surface area contributed by atoms with Gasteiger partial charge in [0.1, 0.15) is 11.9 Å². The van der Waals surface area contributed by atoms with Gasteiger partial charge in [-0.1, -0.05) is 26.0 Å². The number of rotatable bonds is 5. The van der Waals surface area contributed by atoms with E-state index in [0.717, 1.165) is 12.1 Å². The van der Waals surface area contributed by atoms with Gasteiger partial charge >= 0.3 is 0 Å². The highest BCUT2D eigenvalue weighted by atomic mass is 32.1. The minimum atomic E-state index is -0.463. The van der Waals surface area contributed by atoms with Crippen LogP contribution in [-0.2, 0) is 12.0 Å². The van der Waals surface area contributed by atoms with E-state index in [1.807, 2.05) is 6.07 Å². The molecule has 0 saturated carbocycles. The first-order valence-corrected chi connectivity index (χ1v) is 7.34. The fraction of sp³-hybridized carbons (Fsp3) is 0.312. The van der Waals surface area contributed by atoms with Crippen molar-refractivity contribution in [1.82, 2.24) is 5.32 Å². The number of halogens is 1. The molecule has 0 aliphatic heterocycles. The lowest BCUT2D eigenvalue weighted by molar-refractivity contribution is 0.476. The number of hydrogen-bond donors (Lipinski definition) is 1. The molecule has 2 rings (SSSR count). The Hall–Kier alpha value is -1.70. The number of nitrogens with zero attached hydrogens (tertiary/aromatic N) is 1. The fourth-order valence-corrected chi connectivity index (χ4v) is 2.89. The van der Waals surface area contributed by atoms with Gasteiger partial charge in [-0.05, 0) is 29.1 Å². The second-order valence-corrected chi connectivity index (χ2v) is 6.34. The summed E-state index contributed by atoms with van der Waals surface area (Å²) in [5.41, 5.74) is 1.08. The van der Waals surface area contributed by atoms with E-state index in [4.69, 9.17) is 5.26 Å². The molecule has 2 aromatic rings. The van der Waals surface area contributed by atoms with Crippen LogP contribution in [-0.4, -0.2) is 6.54 Å². The summed E-state index contributed by atoms with van der Waals surface area (Å²) in [5.74, 6) is -0.463. The van der Waals surface area contributed by atoms with Gasteiger partial charge in [-0.2, -0.15) is 5.26 Å². The quantitative estimate of drug-likeness (QED) is 0.907. The van der Waals surface area contributed by atoms with Crippen LogP contribution in [0.25, 0.3) is 0 Å². The van der Waals surface area contributed by atoms with Crippen LogP contribution >= 0.6 is 11.3 Å². The predicted octanol–water partition coefficient (Wildman–Crippen LogP) is 3.83. The van der Waals surface area contributed by atoms with E-state index in [1.54, 1.807) is 23.5 Å². The monoisotopic (exact) mass is 288 g/mol. The minimum Gasteiger partial charge on any atom is -0.312 e. The van der Waals surface area contributed by atoms with Gasteiger partial charge in [0.05, 0.1) is 5.56 Å². The molecule has 1 aromatic carbocycles. The first-order chi connectivity index (χ1) is 9.53. The Bertz CT molecular complexity index is 612. The topological polar surface area (TPSA) is 35.8 Å². The maximum Gasteiger partial charge on any atom is 0.140 e. The number of nitrogens with one attached hydrogen (secondary N) is 1. The second kappa shape index (κ2) is 6.17. The Morgan fingerprint density at radius 1 is 1.35 bits per heavy atom. The van der Waals surface area contributed by atoms with Crippen LogP contribution in [0.5, 0.6) is 0 Å². The molecule has 0 fully saturated rings. The Balaban J connectivity index is 1.95. The van der Waals surface area contributed by atoms with Crippen LogP contribution in [0.2, 0.25) is 0 Å². The van der Waals surface area contributed by atoms with Gasteiger partial charge in [-0.15, -0.1) is 11.3 Å². The summed E-state index contributed by atoms with van der Waals surface area (Å²) in [4.78, 5) is 1.34. The molecule has 0 aliphatic carbocycles. The van der Waals surface area contributed by atoms with Gasteiger partial charge in [0.25, 0.3) is 0 Å². The van der Waals surface area contributed by atoms with Crippen molar-refractivity contribution in [2.45, 2.75) is 25.8 Å². The van der Waals surface area contributed by atoms with E-state index in [-0.39, 0.29) is 11.0 Å². The summed E-state index contributed by atoms with van der Waals surface area (Å²) in [6.07, 6.45) is 0. The average molecular weight is 288 g/mol. The highest BCUT2D eigenvalue weighted by Crippen LogP contribution is 2.26. The first kappa shape index (κ1) is 14.7. The smallest absolute Gasteiger partial charge is 0.140 e. The number of nitriles is 1. The molecule has 1 heterocycles. The molecule has 1 N–H and O–H groups in total. The van der Waals surface area contributed by atoms with Crippen LogP contribution in [0.1, 0.15) is 29.9 Å². The Morgan fingerprint density at radius 3 is 2.80 bits per heavy atom. The van der Waals surface area contributed by atoms with E-state index in [2.05, 4.69) is 36.7 Å². The molecule has 0 amide bonds. The first-order valence-electron chi connectivity index (χ1n) is 6.46. The number of hydrogen-bond acceptors (Lipinski definition) is 3. The highest BCUT2D eigenvalue weighted by molar-refractivity contribution is 7.10. The summed E-state index contributed by atoms with van der Waals surface area (Å²) in [7, 11) is 0. The summed E-state index contributed by atoms with van der Waals surface area (Å²) in [6, 6.07) is 10.7. The molecule has 0 aliphatic rings. The van der Waals surface area contributed by atoms with Crippen molar-refractivity contribution in [3.8, 4) is 6.07 Å². The van der Waals surface area contributed by atoms with Gasteiger partial charge < -0.3 is 5.32 Å². The second-order valence-electron chi connectivity index (χ2n) is 5.39. The van der Waals surface area contributed by atoms with E-state index >= 15 is 0 Å². The number of benzene rings is 1. The Morgan fingerprint density at radius 2 is 2.15 bits per heavy atom. The summed E-state index contributed by atoms with van der Waals surface area (Å²) >= 11 is 1.75. The summed E-state index contributed by atoms with van der Waals surface area (Å²) in [5, 5.41) is 14.3. The van der Waals surface area contributed by atoms with Crippen LogP contribution in [0.15, 0.2) is 35.7 Å². The molecule has 0 spiro atoms. The zero-order valence-corrected chi connectivity index (χ0v) is 12.4. The van der Waals surface area contributed by atoms with E-state index in [9.17, 15) is 4.39 Å². The third-order valence-corrected chi connectivity index (χ3v) is 4.47. The zero-order valence-electron chi connectivity index (χ0n) is 11.6. The zero-order chi connectivity index (χ0) is 14.6. The maximum absolute atomic E-state index is 13.2. The van der Waals surface area contributed by atoms with Crippen LogP contribution < -0.4 is 5.32 Å². The number of thiophene rings is 1. The summed E-state index contributed by atoms with van der Waals surface area (Å²) < 4.78 is 13.2. The molecule has 0 saturated heterocycles. The lowest BCUT2D eigenvalue weighted by Crippen LogP contribution is -2.31. The van der Waals surface area contributed by atoms with Gasteiger partial charge in [-0.3, -0.25) is 0 Å². The molecular weight excluding hydrogens is 271 g/mol. The standard InChI is InChI=1S/C16H17FN2S/c1-16(2,15-4-3-7-20-15)11-19-10-12-5-6-14(17)13(8-12)9-18/h3-8,19H,10-11H2,1-2H3. The molecule has 0 atom stereocenters. The van der Waals surface area contributed by atoms with Crippen molar-refractivity contribution in [3.63, 3.8) is 0 Å². The van der Waals surface area contributed by atoms with E-state index in [1.165, 1.54) is 10.9 Å². The third kappa shape index (κ3) is 3.44. The Kier molecular flexibility index (Phi) is 4.53. The molecule has 0 bridgehead atoms. The molecule has 20 heavy (non-hydrogen) atoms. The van der Waals surface area contributed by atoms with Crippen molar-refractivity contribution in [1.29, 1.82) is 5.26 Å². The van der Waals surface area contributed by atoms with Crippen LogP contribution in [0.4, 0.5) is 4.39 Å². The lowest BCUT2D eigenvalue weighted by Gasteiger charge is -2.23. The van der Waals surface area contributed by atoms with Gasteiger partial charge in [0.2, 0.25) is 0 Å². The molecule has 1 aromatic heterocycles. The van der Waals surface area contributed by atoms with Crippen molar-refractivity contribution in [2.75, 3.05) is 6.54 Å². The van der Waals surface area contributed by atoms with E-state index in [0.29, 0.717) is 6.54 Å². The normalized spacial score (nSPS) is 11.3. The van der Waals surface area contributed by atoms with Crippen LogP contribution in [0, 0.1) is 17.1 Å². The SMILES string of the molecule is CC(C)(CNCc1ccc(F)c(C#N)c1)c1cccs1. The predicted molar refractivity (Wildman–Crippen MR) is 80.2 cm³/mol. The van der Waals surface area contributed by atoms with Crippen molar-refractivity contribution < 1.29 is 4.39 Å². The molecule has 2 nitrogen and oxygen atoms in total. The van der Waals surface area contributed by atoms with Crippen molar-refractivity contribution >= 4 is 11.3 Å². The third-order valence-electron chi connectivity index (χ3n) is 3.24. The van der Waals surface area contributed by atoms with Gasteiger partial charge in [0.15, 0.2) is 0 Å². The molecule has 104 valence electrons. The van der Waals surface area contributed by atoms with Gasteiger partial charge in [0, 0.05) is 23.4 Å². The van der Waals surface area contributed by atoms with Crippen LogP contribution in [0.3, 0.4) is 0 Å². The van der Waals surface area contributed by atoms with E-state index < -0.39 is 5.82 Å².